The van der Waals surface area contributed by atoms with E-state index in [1.807, 2.05) is 18.2 Å². The normalized spacial score (nSPS) is 14.7. The van der Waals surface area contributed by atoms with E-state index in [2.05, 4.69) is 137 Å². The lowest BCUT2D eigenvalue weighted by Gasteiger charge is -2.21. The highest BCUT2D eigenvalue weighted by Crippen LogP contribution is 2.45. The van der Waals surface area contributed by atoms with Crippen LogP contribution in [-0.4, -0.2) is 96.7 Å². The Morgan fingerprint density at radius 3 is 0.910 bits per heavy atom. The first-order chi connectivity index (χ1) is 48.7. The molecular formula is C81H136O17P2. The number of carbonyl (C=O) groups excluding carboxylic acids is 4. The summed E-state index contributed by atoms with van der Waals surface area (Å²) in [5.74, 6) is -2.37. The minimum absolute atomic E-state index is 0.0631. The summed E-state index contributed by atoms with van der Waals surface area (Å²) < 4.78 is 68.3. The molecule has 0 saturated carbocycles. The van der Waals surface area contributed by atoms with Gasteiger partial charge < -0.3 is 33.8 Å². The number of carbonyl (C=O) groups is 4. The molecule has 572 valence electrons. The third-order valence-electron chi connectivity index (χ3n) is 15.6. The molecule has 0 aromatic carbocycles. The Kier molecular flexibility index (Phi) is 69.1. The molecule has 0 rings (SSSR count). The highest BCUT2D eigenvalue weighted by Gasteiger charge is 2.30. The number of phosphoric ester groups is 2. The number of esters is 4. The van der Waals surface area contributed by atoms with Crippen molar-refractivity contribution in [2.24, 2.45) is 0 Å². The first-order valence-corrected chi connectivity index (χ1v) is 41.4. The van der Waals surface area contributed by atoms with Crippen molar-refractivity contribution in [2.45, 2.75) is 316 Å². The molecule has 0 bridgehead atoms. The Balaban J connectivity index is 5.41. The van der Waals surface area contributed by atoms with E-state index < -0.39 is 97.5 Å². The Bertz CT molecular complexity index is 2420. The molecule has 0 spiro atoms. The monoisotopic (exact) mass is 1440 g/mol. The van der Waals surface area contributed by atoms with Crippen LogP contribution in [0.15, 0.2) is 134 Å². The summed E-state index contributed by atoms with van der Waals surface area (Å²) >= 11 is 0. The molecule has 0 amide bonds. The van der Waals surface area contributed by atoms with Crippen LogP contribution in [0.5, 0.6) is 0 Å². The number of hydrogen-bond donors (Lipinski definition) is 3. The van der Waals surface area contributed by atoms with E-state index >= 15 is 0 Å². The third-order valence-corrected chi connectivity index (χ3v) is 17.5. The van der Waals surface area contributed by atoms with E-state index in [4.69, 9.17) is 37.0 Å². The van der Waals surface area contributed by atoms with Gasteiger partial charge in [0, 0.05) is 19.3 Å². The molecule has 5 atom stereocenters. The Morgan fingerprint density at radius 2 is 0.560 bits per heavy atom. The number of aliphatic hydroxyl groups excluding tert-OH is 1. The fraction of sp³-hybridized carbons (Fsp3) is 0.679. The zero-order chi connectivity index (χ0) is 73.2. The standard InChI is InChI=1S/C81H136O17P2/c1-5-9-13-17-21-25-29-32-35-36-37-38-41-43-47-50-54-58-62-66-79(84)91-71-76(97-80(85)67-63-59-55-51-45-28-24-20-16-12-8-4)73-95-99(87,88)93-69-75(82)70-94-100(89,90)96-74-77(98-81(86)68-64-60-56-52-48-44-40-34-31-27-23-19-15-11-7-3)72-92-78(83)65-61-57-53-49-46-42-39-33-30-26-22-18-14-10-6-2/h9-10,13-14,21-22,25-26,32-35,37-40,43,46-47,49,57,61,75-77,82H,5-8,11-12,15-20,23-24,27-31,36,41-42,44-45,48,50-56,58-60,62-74H2,1-4H3,(H,87,88)(H,89,90)/b13-9-,14-10-,25-21-,26-22-,35-32-,38-37-,39-33-,40-34-,47-43-,49-46-,61-57-. The summed E-state index contributed by atoms with van der Waals surface area (Å²) in [5, 5.41) is 10.6. The van der Waals surface area contributed by atoms with Crippen LogP contribution in [0.1, 0.15) is 297 Å². The molecule has 19 heteroatoms. The quantitative estimate of drug-likeness (QED) is 0.0169. The zero-order valence-corrected chi connectivity index (χ0v) is 64.1. The molecule has 0 aliphatic rings. The van der Waals surface area contributed by atoms with Crippen molar-refractivity contribution in [3.05, 3.63) is 134 Å². The number of aliphatic hydroxyl groups is 1. The fourth-order valence-corrected chi connectivity index (χ4v) is 11.4. The lowest BCUT2D eigenvalue weighted by atomic mass is 10.1. The molecule has 3 N–H and O–H groups in total. The number of unbranched alkanes of at least 4 members (excludes halogenated alkanes) is 24. The van der Waals surface area contributed by atoms with Gasteiger partial charge in [0.25, 0.3) is 0 Å². The summed E-state index contributed by atoms with van der Waals surface area (Å²) in [4.78, 5) is 72.8. The second-order valence-corrected chi connectivity index (χ2v) is 28.1. The third kappa shape index (κ3) is 71.6. The lowest BCUT2D eigenvalue weighted by molar-refractivity contribution is -0.161. The number of rotatable bonds is 71. The van der Waals surface area contributed by atoms with Crippen LogP contribution in [0.3, 0.4) is 0 Å². The summed E-state index contributed by atoms with van der Waals surface area (Å²) in [5.41, 5.74) is 0. The van der Waals surface area contributed by atoms with Gasteiger partial charge >= 0.3 is 39.5 Å². The molecule has 0 aromatic heterocycles. The summed E-state index contributed by atoms with van der Waals surface area (Å²) in [7, 11) is -9.99. The second kappa shape index (κ2) is 72.5. The lowest BCUT2D eigenvalue weighted by Crippen LogP contribution is -2.30. The molecular weight excluding hydrogens is 1310 g/mol. The van der Waals surface area contributed by atoms with Gasteiger partial charge in [0.05, 0.1) is 32.8 Å². The molecule has 0 aromatic rings. The first-order valence-electron chi connectivity index (χ1n) is 38.4. The summed E-state index contributed by atoms with van der Waals surface area (Å²) in [6, 6.07) is 0. The highest BCUT2D eigenvalue weighted by molar-refractivity contribution is 7.47. The molecule has 0 radical (unpaired) electrons. The minimum atomic E-state index is -5.00. The van der Waals surface area contributed by atoms with E-state index in [0.717, 1.165) is 141 Å². The van der Waals surface area contributed by atoms with Crippen molar-refractivity contribution in [3.63, 3.8) is 0 Å². The smallest absolute Gasteiger partial charge is 0.462 e. The van der Waals surface area contributed by atoms with Crippen molar-refractivity contribution in [1.29, 1.82) is 0 Å². The van der Waals surface area contributed by atoms with Crippen molar-refractivity contribution in [1.82, 2.24) is 0 Å². The number of phosphoric acid groups is 2. The van der Waals surface area contributed by atoms with Gasteiger partial charge in [-0.25, -0.2) is 9.13 Å². The predicted molar refractivity (Wildman–Crippen MR) is 408 cm³/mol. The van der Waals surface area contributed by atoms with Crippen LogP contribution < -0.4 is 0 Å². The molecule has 0 heterocycles. The molecule has 0 aliphatic heterocycles. The fourth-order valence-electron chi connectivity index (χ4n) is 9.84. The average Bonchev–Trinajstić information content (AvgIpc) is 0.953. The number of ether oxygens (including phenoxy) is 4. The van der Waals surface area contributed by atoms with Crippen LogP contribution in [0.2, 0.25) is 0 Å². The van der Waals surface area contributed by atoms with Crippen molar-refractivity contribution in [2.75, 3.05) is 39.6 Å². The van der Waals surface area contributed by atoms with Crippen molar-refractivity contribution in [3.8, 4) is 0 Å². The van der Waals surface area contributed by atoms with Crippen LogP contribution in [0.25, 0.3) is 0 Å². The number of hydrogen-bond acceptors (Lipinski definition) is 15. The van der Waals surface area contributed by atoms with Gasteiger partial charge in [-0.2, -0.15) is 0 Å². The van der Waals surface area contributed by atoms with Crippen LogP contribution in [0, 0.1) is 0 Å². The second-order valence-electron chi connectivity index (χ2n) is 25.2. The number of allylic oxidation sites excluding steroid dienone is 21. The average molecular weight is 1440 g/mol. The van der Waals surface area contributed by atoms with Gasteiger partial charge in [-0.3, -0.25) is 37.3 Å². The Labute approximate surface area is 605 Å². The molecule has 17 nitrogen and oxygen atoms in total. The van der Waals surface area contributed by atoms with Gasteiger partial charge in [-0.1, -0.05) is 283 Å². The Hall–Kier alpha value is -4.80. The van der Waals surface area contributed by atoms with Crippen molar-refractivity contribution < 1.29 is 80.2 Å². The highest BCUT2D eigenvalue weighted by atomic mass is 31.2. The van der Waals surface area contributed by atoms with Crippen molar-refractivity contribution >= 4 is 39.5 Å². The molecule has 0 aliphatic carbocycles. The maximum absolute atomic E-state index is 13.1. The summed E-state index contributed by atoms with van der Waals surface area (Å²) in [6.45, 7) is 4.47. The van der Waals surface area contributed by atoms with Gasteiger partial charge in [-0.15, -0.1) is 0 Å². The van der Waals surface area contributed by atoms with E-state index in [0.29, 0.717) is 25.7 Å². The largest absolute Gasteiger partial charge is 0.472 e. The molecule has 5 unspecified atom stereocenters. The van der Waals surface area contributed by atoms with Gasteiger partial charge in [-0.05, 0) is 122 Å². The first kappa shape index (κ1) is 95.2. The summed E-state index contributed by atoms with van der Waals surface area (Å²) in [6.07, 6.45) is 80.5. The van der Waals surface area contributed by atoms with Crippen LogP contribution in [0.4, 0.5) is 0 Å². The predicted octanol–water partition coefficient (Wildman–Crippen LogP) is 22.1. The topological polar surface area (TPSA) is 237 Å². The minimum Gasteiger partial charge on any atom is -0.462 e. The van der Waals surface area contributed by atoms with Crippen LogP contribution in [-0.2, 0) is 65.4 Å². The maximum atomic E-state index is 13.1. The molecule has 0 saturated heterocycles. The maximum Gasteiger partial charge on any atom is 0.472 e. The van der Waals surface area contributed by atoms with Crippen LogP contribution >= 0.6 is 15.6 Å². The van der Waals surface area contributed by atoms with E-state index in [-0.39, 0.29) is 25.7 Å². The van der Waals surface area contributed by atoms with Gasteiger partial charge in [0.15, 0.2) is 12.2 Å². The Morgan fingerprint density at radius 1 is 0.300 bits per heavy atom. The SMILES string of the molecule is CC/C=C\C/C=C\C/C=C\C/C=C\C/C=C\CCCCCC(=O)OCC(COP(=O)(O)OCC(O)COP(=O)(O)OCC(COC(=O)C/C=C\C/C=C\C/C=C\C/C=C\C/C=C\CC)OC(=O)CCCCCCC/C=C\CCCCCCCC)OC(=O)CCCCCCCCCCCCC. The van der Waals surface area contributed by atoms with E-state index in [9.17, 15) is 43.2 Å². The molecule has 0 fully saturated rings. The van der Waals surface area contributed by atoms with E-state index in [1.165, 1.54) is 77.0 Å². The van der Waals surface area contributed by atoms with Gasteiger partial charge in [0.1, 0.15) is 19.3 Å². The molecule has 100 heavy (non-hydrogen) atoms. The van der Waals surface area contributed by atoms with Gasteiger partial charge in [0.2, 0.25) is 0 Å². The zero-order valence-electron chi connectivity index (χ0n) is 62.3. The van der Waals surface area contributed by atoms with E-state index in [1.54, 1.807) is 6.08 Å².